The lowest BCUT2D eigenvalue weighted by Gasteiger charge is -2.23. The van der Waals surface area contributed by atoms with Gasteiger partial charge in [-0.3, -0.25) is 10.00 Å². The molecule has 1 aliphatic heterocycles. The van der Waals surface area contributed by atoms with Crippen LogP contribution in [-0.2, 0) is 11.3 Å². The van der Waals surface area contributed by atoms with Crippen molar-refractivity contribution in [3.05, 3.63) is 47.9 Å². The summed E-state index contributed by atoms with van der Waals surface area (Å²) in [5.74, 6) is 1.88. The Morgan fingerprint density at radius 3 is 2.90 bits per heavy atom. The van der Waals surface area contributed by atoms with Gasteiger partial charge in [-0.15, -0.1) is 0 Å². The van der Waals surface area contributed by atoms with E-state index < -0.39 is 0 Å². The van der Waals surface area contributed by atoms with E-state index in [-0.39, 0.29) is 5.69 Å². The highest BCUT2D eigenvalue weighted by molar-refractivity contribution is 5.71. The van der Waals surface area contributed by atoms with Crippen molar-refractivity contribution in [2.24, 2.45) is 0 Å². The van der Waals surface area contributed by atoms with Gasteiger partial charge in [-0.1, -0.05) is 6.07 Å². The molecule has 3 aromatic rings. The Kier molecular flexibility index (Phi) is 5.88. The topological polar surface area (TPSA) is 112 Å². The van der Waals surface area contributed by atoms with Crippen LogP contribution >= 0.6 is 0 Å². The molecular weight excluding hydrogens is 382 g/mol. The molecule has 2 aromatic heterocycles. The molecule has 0 amide bonds. The van der Waals surface area contributed by atoms with Crippen LogP contribution in [-0.4, -0.2) is 58.5 Å². The summed E-state index contributed by atoms with van der Waals surface area (Å²) in [6.07, 6.45) is 3.97. The minimum Gasteiger partial charge on any atom is -0.496 e. The van der Waals surface area contributed by atoms with Crippen LogP contribution in [0.3, 0.4) is 0 Å². The van der Waals surface area contributed by atoms with Crippen LogP contribution in [0.2, 0.25) is 0 Å². The van der Waals surface area contributed by atoms with Gasteiger partial charge in [0.15, 0.2) is 11.5 Å². The van der Waals surface area contributed by atoms with Gasteiger partial charge in [-0.05, 0) is 31.2 Å². The predicted molar refractivity (Wildman–Crippen MR) is 111 cm³/mol. The van der Waals surface area contributed by atoms with E-state index in [0.29, 0.717) is 17.7 Å². The molecule has 4 rings (SSSR count). The molecule has 9 nitrogen and oxygen atoms in total. The number of H-pyrrole nitrogens is 1. The summed E-state index contributed by atoms with van der Waals surface area (Å²) in [6.45, 7) is 2.46. The maximum atomic E-state index is 8.81. The number of nitrogens with one attached hydrogen (secondary N) is 2. The quantitative estimate of drug-likeness (QED) is 0.617. The molecule has 1 saturated heterocycles. The highest BCUT2D eigenvalue weighted by atomic mass is 16.5. The molecule has 1 fully saturated rings. The zero-order chi connectivity index (χ0) is 20.9. The molecule has 1 unspecified atom stereocenters. The molecule has 154 valence electrons. The summed E-state index contributed by atoms with van der Waals surface area (Å²) < 4.78 is 11.1. The van der Waals surface area contributed by atoms with Crippen LogP contribution in [0.5, 0.6) is 5.75 Å². The first-order valence-electron chi connectivity index (χ1n) is 9.66. The van der Waals surface area contributed by atoms with Crippen LogP contribution in [0.4, 0.5) is 11.6 Å². The summed E-state index contributed by atoms with van der Waals surface area (Å²) in [5, 5.41) is 19.2. The summed E-state index contributed by atoms with van der Waals surface area (Å²) in [6, 6.07) is 10.5. The van der Waals surface area contributed by atoms with Crippen molar-refractivity contribution in [2.45, 2.75) is 19.0 Å². The van der Waals surface area contributed by atoms with Gasteiger partial charge in [-0.25, -0.2) is 9.97 Å². The normalized spacial score (nSPS) is 15.9. The minimum atomic E-state index is 0.263. The Bertz CT molecular complexity index is 1040. The number of nitrogens with zero attached hydrogens (tertiary/aromatic N) is 5. The highest BCUT2D eigenvalue weighted by Crippen LogP contribution is 2.31. The Hall–Kier alpha value is -3.48. The van der Waals surface area contributed by atoms with Crippen LogP contribution in [0, 0.1) is 11.3 Å². The number of hydrogen-bond acceptors (Lipinski definition) is 8. The molecule has 0 spiro atoms. The molecule has 9 heteroatoms. The van der Waals surface area contributed by atoms with E-state index in [4.69, 9.17) is 14.7 Å². The van der Waals surface area contributed by atoms with Gasteiger partial charge in [-0.2, -0.15) is 10.4 Å². The maximum Gasteiger partial charge on any atom is 0.158 e. The smallest absolute Gasteiger partial charge is 0.158 e. The van der Waals surface area contributed by atoms with E-state index in [2.05, 4.69) is 49.6 Å². The molecule has 0 bridgehead atoms. The van der Waals surface area contributed by atoms with Crippen LogP contribution in [0.1, 0.15) is 17.7 Å². The van der Waals surface area contributed by atoms with E-state index in [1.165, 1.54) is 18.0 Å². The van der Waals surface area contributed by atoms with E-state index in [1.54, 1.807) is 7.11 Å². The van der Waals surface area contributed by atoms with Crippen molar-refractivity contribution in [3.8, 4) is 23.1 Å². The number of anilines is 2. The lowest BCUT2D eigenvalue weighted by molar-refractivity contribution is 0.156. The molecular formula is C21H23N7O2. The van der Waals surface area contributed by atoms with Gasteiger partial charge in [0, 0.05) is 30.8 Å². The van der Waals surface area contributed by atoms with E-state index >= 15 is 0 Å². The Labute approximate surface area is 174 Å². The number of hydrogen-bond donors (Lipinski definition) is 2. The second kappa shape index (κ2) is 8.90. The number of likely N-dealkylation sites (N-methyl/N-ethyl adjacent to an activating group) is 1. The largest absolute Gasteiger partial charge is 0.496 e. The fourth-order valence-electron chi connectivity index (χ4n) is 3.45. The molecule has 3 heterocycles. The minimum absolute atomic E-state index is 0.263. The summed E-state index contributed by atoms with van der Waals surface area (Å²) in [4.78, 5) is 10.5. The molecule has 1 aliphatic rings. The standard InChI is InChI=1S/C21H23N7O2/c1-28(16-5-6-30-13-16)12-14-3-4-17(19(7-14)29-2)18-8-20(27-26-18)25-21-11-23-15(9-22)10-24-21/h3-4,7-8,10-11,16H,5-6,12-13H2,1-2H3,(H2,24,25,26,27). The monoisotopic (exact) mass is 405 g/mol. The number of ether oxygens (including phenoxy) is 2. The summed E-state index contributed by atoms with van der Waals surface area (Å²) in [5.41, 5.74) is 3.18. The first-order valence-corrected chi connectivity index (χ1v) is 9.66. The Balaban J connectivity index is 1.48. The van der Waals surface area contributed by atoms with Crippen molar-refractivity contribution in [1.82, 2.24) is 25.1 Å². The third kappa shape index (κ3) is 4.40. The average Bonchev–Trinajstić information content (AvgIpc) is 3.47. The molecule has 0 radical (unpaired) electrons. The summed E-state index contributed by atoms with van der Waals surface area (Å²) in [7, 11) is 3.79. The van der Waals surface area contributed by atoms with Gasteiger partial charge >= 0.3 is 0 Å². The zero-order valence-electron chi connectivity index (χ0n) is 16.9. The Morgan fingerprint density at radius 2 is 2.20 bits per heavy atom. The zero-order valence-corrected chi connectivity index (χ0v) is 16.9. The lowest BCUT2D eigenvalue weighted by Crippen LogP contribution is -2.31. The third-order valence-electron chi connectivity index (χ3n) is 5.12. The SMILES string of the molecule is COc1cc(CN(C)C2CCOC2)ccc1-c1cc(Nc2cnc(C#N)cn2)n[nH]1. The second-order valence-corrected chi connectivity index (χ2v) is 7.16. The molecule has 30 heavy (non-hydrogen) atoms. The molecule has 1 aromatic carbocycles. The number of rotatable bonds is 7. The summed E-state index contributed by atoms with van der Waals surface area (Å²) >= 11 is 0. The fraction of sp³-hybridized carbons (Fsp3) is 0.333. The molecule has 2 N–H and O–H groups in total. The first-order chi connectivity index (χ1) is 14.7. The van der Waals surface area contributed by atoms with E-state index in [1.807, 2.05) is 18.2 Å². The highest BCUT2D eigenvalue weighted by Gasteiger charge is 2.20. The number of aromatic nitrogens is 4. The van der Waals surface area contributed by atoms with Gasteiger partial charge < -0.3 is 14.8 Å². The van der Waals surface area contributed by atoms with Crippen molar-refractivity contribution < 1.29 is 9.47 Å². The second-order valence-electron chi connectivity index (χ2n) is 7.16. The van der Waals surface area contributed by atoms with Gasteiger partial charge in [0.25, 0.3) is 0 Å². The number of aromatic amines is 1. The number of nitriles is 1. The van der Waals surface area contributed by atoms with Crippen LogP contribution in [0.15, 0.2) is 36.7 Å². The lowest BCUT2D eigenvalue weighted by atomic mass is 10.1. The van der Waals surface area contributed by atoms with Crippen molar-refractivity contribution in [2.75, 3.05) is 32.7 Å². The van der Waals surface area contributed by atoms with Crippen LogP contribution < -0.4 is 10.1 Å². The van der Waals surface area contributed by atoms with Crippen molar-refractivity contribution in [1.29, 1.82) is 5.26 Å². The maximum absolute atomic E-state index is 8.81. The molecule has 1 atom stereocenters. The predicted octanol–water partition coefficient (Wildman–Crippen LogP) is 2.71. The van der Waals surface area contributed by atoms with Gasteiger partial charge in [0.2, 0.25) is 0 Å². The van der Waals surface area contributed by atoms with Crippen molar-refractivity contribution in [3.63, 3.8) is 0 Å². The molecule has 0 saturated carbocycles. The average molecular weight is 405 g/mol. The van der Waals surface area contributed by atoms with E-state index in [0.717, 1.165) is 43.2 Å². The number of benzene rings is 1. The number of methoxy groups -OCH3 is 1. The third-order valence-corrected chi connectivity index (χ3v) is 5.12. The molecule has 0 aliphatic carbocycles. The first kappa shape index (κ1) is 19.8. The van der Waals surface area contributed by atoms with E-state index in [9.17, 15) is 0 Å². The van der Waals surface area contributed by atoms with Gasteiger partial charge in [0.1, 0.15) is 17.6 Å². The Morgan fingerprint density at radius 1 is 1.30 bits per heavy atom. The fourth-order valence-corrected chi connectivity index (χ4v) is 3.45. The van der Waals surface area contributed by atoms with Crippen molar-refractivity contribution >= 4 is 11.6 Å². The van der Waals surface area contributed by atoms with Gasteiger partial charge in [0.05, 0.1) is 31.8 Å². The van der Waals surface area contributed by atoms with Crippen LogP contribution in [0.25, 0.3) is 11.3 Å².